The van der Waals surface area contributed by atoms with Crippen molar-refractivity contribution in [1.82, 2.24) is 9.55 Å². The monoisotopic (exact) mass is 249 g/mol. The summed E-state index contributed by atoms with van der Waals surface area (Å²) in [6.45, 7) is 2.28. The molecule has 18 heavy (non-hydrogen) atoms. The minimum atomic E-state index is -0.767. The number of nitrogens with zero attached hydrogens (tertiary/aromatic N) is 2. The van der Waals surface area contributed by atoms with Crippen LogP contribution in [-0.4, -0.2) is 14.5 Å². The highest BCUT2D eigenvalue weighted by atomic mass is 16.6. The summed E-state index contributed by atoms with van der Waals surface area (Å²) in [5.74, 6) is 0. The number of H-pyrrole nitrogens is 1. The Hall–Kier alpha value is -2.44. The van der Waals surface area contributed by atoms with E-state index in [2.05, 4.69) is 4.98 Å². The molecule has 0 unspecified atom stereocenters. The summed E-state index contributed by atoms with van der Waals surface area (Å²) in [6.07, 6.45) is 0.690. The number of non-ortho nitro benzene ring substituents is 1. The zero-order valence-corrected chi connectivity index (χ0v) is 9.67. The summed E-state index contributed by atoms with van der Waals surface area (Å²) < 4.78 is 1.33. The Morgan fingerprint density at radius 2 is 2.11 bits per heavy atom. The smallest absolute Gasteiger partial charge is 0.316 e. The molecule has 0 aliphatic carbocycles. The number of nitrogens with one attached hydrogen (secondary N) is 1. The van der Waals surface area contributed by atoms with Crippen molar-refractivity contribution in [2.45, 2.75) is 19.9 Å². The lowest BCUT2D eigenvalue weighted by atomic mass is 10.2. The van der Waals surface area contributed by atoms with Crippen LogP contribution >= 0.6 is 0 Å². The highest BCUT2D eigenvalue weighted by Crippen LogP contribution is 2.17. The van der Waals surface area contributed by atoms with E-state index in [0.717, 1.165) is 0 Å². The Morgan fingerprint density at radius 1 is 1.39 bits per heavy atom. The molecule has 0 bridgehead atoms. The third-order valence-corrected chi connectivity index (χ3v) is 2.62. The zero-order valence-electron chi connectivity index (χ0n) is 9.67. The number of rotatable bonds is 3. The molecule has 0 saturated carbocycles. The van der Waals surface area contributed by atoms with Gasteiger partial charge in [0.1, 0.15) is 0 Å². The summed E-state index contributed by atoms with van der Waals surface area (Å²) in [5, 5.41) is 10.7. The van der Waals surface area contributed by atoms with Crippen LogP contribution in [0.25, 0.3) is 11.0 Å². The van der Waals surface area contributed by atoms with E-state index in [1.165, 1.54) is 22.8 Å². The van der Waals surface area contributed by atoms with E-state index in [9.17, 15) is 19.7 Å². The van der Waals surface area contributed by atoms with Crippen LogP contribution in [0.5, 0.6) is 0 Å². The van der Waals surface area contributed by atoms with Gasteiger partial charge in [-0.3, -0.25) is 19.7 Å². The fraction of sp³-hybridized carbons (Fsp3) is 0.273. The maximum absolute atomic E-state index is 11.7. The second-order valence-corrected chi connectivity index (χ2v) is 3.87. The first-order chi connectivity index (χ1) is 8.54. The van der Waals surface area contributed by atoms with Gasteiger partial charge in [0.05, 0.1) is 16.0 Å². The molecule has 7 heteroatoms. The van der Waals surface area contributed by atoms with Crippen LogP contribution in [0.15, 0.2) is 27.8 Å². The van der Waals surface area contributed by atoms with Gasteiger partial charge in [-0.15, -0.1) is 0 Å². The molecule has 1 heterocycles. The molecule has 1 N–H and O–H groups in total. The Kier molecular flexibility index (Phi) is 2.97. The molecule has 0 saturated heterocycles. The topological polar surface area (TPSA) is 98.0 Å². The molecule has 1 aromatic heterocycles. The van der Waals surface area contributed by atoms with Crippen molar-refractivity contribution < 1.29 is 4.92 Å². The minimum Gasteiger partial charge on any atom is -0.316 e. The van der Waals surface area contributed by atoms with Gasteiger partial charge < -0.3 is 9.55 Å². The molecule has 94 valence electrons. The van der Waals surface area contributed by atoms with Crippen LogP contribution in [0.3, 0.4) is 0 Å². The molecule has 0 spiro atoms. The largest absolute Gasteiger partial charge is 0.316 e. The number of fused-ring (bicyclic) bond motifs is 1. The van der Waals surface area contributed by atoms with Crippen molar-refractivity contribution in [2.75, 3.05) is 0 Å². The normalized spacial score (nSPS) is 10.7. The van der Waals surface area contributed by atoms with E-state index in [1.807, 2.05) is 6.92 Å². The lowest BCUT2D eigenvalue weighted by Crippen LogP contribution is -2.36. The summed E-state index contributed by atoms with van der Waals surface area (Å²) in [6, 6.07) is 4.04. The molecule has 0 amide bonds. The predicted molar refractivity (Wildman–Crippen MR) is 65.8 cm³/mol. The lowest BCUT2D eigenvalue weighted by Gasteiger charge is -2.07. The average molecular weight is 249 g/mol. The number of hydrogen-bond donors (Lipinski definition) is 1. The fourth-order valence-corrected chi connectivity index (χ4v) is 1.83. The number of hydrogen-bond acceptors (Lipinski definition) is 4. The number of benzene rings is 1. The van der Waals surface area contributed by atoms with Gasteiger partial charge in [-0.1, -0.05) is 6.92 Å². The molecule has 0 radical (unpaired) electrons. The number of aromatic nitrogens is 2. The zero-order chi connectivity index (χ0) is 13.3. The summed E-state index contributed by atoms with van der Waals surface area (Å²) in [7, 11) is 0. The Labute approximate surface area is 101 Å². The van der Waals surface area contributed by atoms with Crippen LogP contribution in [-0.2, 0) is 6.54 Å². The second kappa shape index (κ2) is 4.44. The minimum absolute atomic E-state index is 0.125. The Morgan fingerprint density at radius 3 is 2.72 bits per heavy atom. The molecule has 0 aliphatic heterocycles. The van der Waals surface area contributed by atoms with E-state index in [1.54, 1.807) is 0 Å². The lowest BCUT2D eigenvalue weighted by molar-refractivity contribution is -0.384. The highest BCUT2D eigenvalue weighted by molar-refractivity contribution is 5.77. The number of nitro benzene ring substituents is 1. The predicted octanol–water partition coefficient (Wildman–Crippen LogP) is 1.01. The van der Waals surface area contributed by atoms with Gasteiger partial charge in [-0.05, 0) is 12.5 Å². The van der Waals surface area contributed by atoms with E-state index in [4.69, 9.17) is 0 Å². The van der Waals surface area contributed by atoms with Gasteiger partial charge in [0.15, 0.2) is 0 Å². The van der Waals surface area contributed by atoms with E-state index < -0.39 is 16.0 Å². The van der Waals surface area contributed by atoms with E-state index in [0.29, 0.717) is 24.0 Å². The van der Waals surface area contributed by atoms with Gasteiger partial charge in [0.25, 0.3) is 5.69 Å². The van der Waals surface area contributed by atoms with Gasteiger partial charge in [0, 0.05) is 18.7 Å². The molecular weight excluding hydrogens is 238 g/mol. The first kappa shape index (κ1) is 12.0. The third-order valence-electron chi connectivity index (χ3n) is 2.62. The van der Waals surface area contributed by atoms with Crippen molar-refractivity contribution >= 4 is 16.7 Å². The molecule has 2 aromatic rings. The molecule has 0 atom stereocenters. The summed E-state index contributed by atoms with van der Waals surface area (Å²) >= 11 is 0. The molecule has 1 aromatic carbocycles. The van der Waals surface area contributed by atoms with Crippen LogP contribution in [0, 0.1) is 10.1 Å². The van der Waals surface area contributed by atoms with Crippen LogP contribution < -0.4 is 11.1 Å². The van der Waals surface area contributed by atoms with Gasteiger partial charge in [-0.2, -0.15) is 0 Å². The Balaban J connectivity index is 2.83. The van der Waals surface area contributed by atoms with Crippen LogP contribution in [0.1, 0.15) is 13.3 Å². The van der Waals surface area contributed by atoms with Crippen molar-refractivity contribution in [2.24, 2.45) is 0 Å². The molecule has 0 fully saturated rings. The van der Waals surface area contributed by atoms with Crippen molar-refractivity contribution in [3.05, 3.63) is 49.0 Å². The first-order valence-corrected chi connectivity index (χ1v) is 5.46. The van der Waals surface area contributed by atoms with Gasteiger partial charge >= 0.3 is 11.1 Å². The highest BCUT2D eigenvalue weighted by Gasteiger charge is 2.11. The molecule has 2 rings (SSSR count). The van der Waals surface area contributed by atoms with Gasteiger partial charge in [0.2, 0.25) is 0 Å². The van der Waals surface area contributed by atoms with Gasteiger partial charge in [-0.25, -0.2) is 0 Å². The average Bonchev–Trinajstić information content (AvgIpc) is 2.34. The number of aromatic amines is 1. The van der Waals surface area contributed by atoms with E-state index >= 15 is 0 Å². The molecule has 7 nitrogen and oxygen atoms in total. The standard InChI is InChI=1S/C11H11N3O4/c1-2-5-13-9-4-3-7(14(17)18)6-8(9)12-10(15)11(13)16/h3-4,6H,2,5H2,1H3,(H,12,15). The number of aryl methyl sites for hydroxylation is 1. The maximum Gasteiger partial charge on any atom is 0.316 e. The summed E-state index contributed by atoms with van der Waals surface area (Å²) in [4.78, 5) is 35.6. The molecule has 0 aliphatic rings. The first-order valence-electron chi connectivity index (χ1n) is 5.46. The quantitative estimate of drug-likeness (QED) is 0.498. The van der Waals surface area contributed by atoms with Crippen LogP contribution in [0.4, 0.5) is 5.69 Å². The Bertz CT molecular complexity index is 729. The van der Waals surface area contributed by atoms with Crippen molar-refractivity contribution in [3.8, 4) is 0 Å². The SMILES string of the molecule is CCCn1c(=O)c(=O)[nH]c2cc([N+](=O)[O-])ccc21. The fourth-order valence-electron chi connectivity index (χ4n) is 1.83. The third kappa shape index (κ3) is 1.90. The second-order valence-electron chi connectivity index (χ2n) is 3.87. The van der Waals surface area contributed by atoms with Crippen molar-refractivity contribution in [3.63, 3.8) is 0 Å². The van der Waals surface area contributed by atoms with E-state index in [-0.39, 0.29) is 5.69 Å². The molecular formula is C11H11N3O4. The maximum atomic E-state index is 11.7. The number of nitro groups is 1. The summed E-state index contributed by atoms with van der Waals surface area (Å²) in [5.41, 5.74) is -0.746. The van der Waals surface area contributed by atoms with Crippen LogP contribution in [0.2, 0.25) is 0 Å². The van der Waals surface area contributed by atoms with Crippen molar-refractivity contribution in [1.29, 1.82) is 0 Å².